The summed E-state index contributed by atoms with van der Waals surface area (Å²) in [6.07, 6.45) is 5.50. The van der Waals surface area contributed by atoms with E-state index in [9.17, 15) is 9.18 Å². The molecular formula is C30H36FN7O2. The standard InChI is InChI=1S/C30H36FN7O2/c1-3-32-27-16-26-25(17-33-27)30(21-6-4-20(5-7-21)18-37-15-14-22(31)19-37)35-38(26)23-8-10-24(11-9-23)40-28-12-13-29(39)36(2)34-28/h4-7,12-13,16-17,22-24H,3,8-11,14-15,18-19H2,1-2H3,(H,32,33)/t22-,23?,24?/m1/s1. The Balaban J connectivity index is 1.22. The number of benzene rings is 1. The van der Waals surface area contributed by atoms with E-state index in [2.05, 4.69) is 62.2 Å². The van der Waals surface area contributed by atoms with Crippen molar-refractivity contribution < 1.29 is 9.13 Å². The largest absolute Gasteiger partial charge is 0.473 e. The second-order valence-corrected chi connectivity index (χ2v) is 10.9. The van der Waals surface area contributed by atoms with Gasteiger partial charge in [-0.1, -0.05) is 24.3 Å². The van der Waals surface area contributed by atoms with Crippen LogP contribution in [0.15, 0.2) is 53.5 Å². The van der Waals surface area contributed by atoms with Crippen molar-refractivity contribution in [1.82, 2.24) is 29.4 Å². The van der Waals surface area contributed by atoms with Crippen molar-refractivity contribution in [3.63, 3.8) is 0 Å². The van der Waals surface area contributed by atoms with Crippen molar-refractivity contribution in [3.8, 4) is 17.1 Å². The molecule has 6 rings (SSSR count). The maximum absolute atomic E-state index is 13.6. The second kappa shape index (κ2) is 11.4. The maximum Gasteiger partial charge on any atom is 0.266 e. The van der Waals surface area contributed by atoms with E-state index in [1.807, 2.05) is 6.20 Å². The summed E-state index contributed by atoms with van der Waals surface area (Å²) in [5.74, 6) is 1.32. The van der Waals surface area contributed by atoms with Gasteiger partial charge in [0.2, 0.25) is 5.88 Å². The quantitative estimate of drug-likeness (QED) is 0.342. The number of likely N-dealkylation sites (tertiary alicyclic amines) is 1. The van der Waals surface area contributed by atoms with Crippen LogP contribution < -0.4 is 15.6 Å². The van der Waals surface area contributed by atoms with Crippen molar-refractivity contribution in [3.05, 3.63) is 64.6 Å². The third kappa shape index (κ3) is 5.58. The molecule has 10 heteroatoms. The topological polar surface area (TPSA) is 90.1 Å². The second-order valence-electron chi connectivity index (χ2n) is 10.9. The highest BCUT2D eigenvalue weighted by molar-refractivity contribution is 5.94. The van der Waals surface area contributed by atoms with Crippen LogP contribution in [0.3, 0.4) is 0 Å². The van der Waals surface area contributed by atoms with Gasteiger partial charge in [-0.15, -0.1) is 5.10 Å². The van der Waals surface area contributed by atoms with Crippen molar-refractivity contribution in [2.75, 3.05) is 25.0 Å². The van der Waals surface area contributed by atoms with Crippen LogP contribution in [0.5, 0.6) is 5.88 Å². The van der Waals surface area contributed by atoms with Crippen molar-refractivity contribution >= 4 is 16.7 Å². The molecule has 1 aromatic carbocycles. The molecule has 1 N–H and O–H groups in total. The van der Waals surface area contributed by atoms with E-state index in [0.717, 1.165) is 73.3 Å². The zero-order chi connectivity index (χ0) is 27.6. The first-order valence-corrected chi connectivity index (χ1v) is 14.3. The Hall–Kier alpha value is -3.79. The zero-order valence-electron chi connectivity index (χ0n) is 23.1. The highest BCUT2D eigenvalue weighted by Crippen LogP contribution is 2.36. The molecule has 9 nitrogen and oxygen atoms in total. The molecule has 0 radical (unpaired) electrons. The lowest BCUT2D eigenvalue weighted by molar-refractivity contribution is 0.123. The minimum absolute atomic E-state index is 0.0531. The number of fused-ring (bicyclic) bond motifs is 1. The molecule has 4 heterocycles. The normalized spacial score (nSPS) is 21.6. The lowest BCUT2D eigenvalue weighted by atomic mass is 9.93. The van der Waals surface area contributed by atoms with Gasteiger partial charge in [-0.25, -0.2) is 14.1 Å². The fraction of sp³-hybridized carbons (Fsp3) is 0.467. The van der Waals surface area contributed by atoms with Crippen LogP contribution in [0.1, 0.15) is 50.6 Å². The average molecular weight is 546 g/mol. The molecule has 1 atom stereocenters. The first kappa shape index (κ1) is 26.4. The predicted molar refractivity (Wildman–Crippen MR) is 153 cm³/mol. The van der Waals surface area contributed by atoms with Crippen LogP contribution in [-0.2, 0) is 13.6 Å². The molecule has 0 bridgehead atoms. The predicted octanol–water partition coefficient (Wildman–Crippen LogP) is 4.73. The Bertz CT molecular complexity index is 1530. The number of aryl methyl sites for hydroxylation is 1. The monoisotopic (exact) mass is 545 g/mol. The first-order chi connectivity index (χ1) is 19.5. The van der Waals surface area contributed by atoms with Gasteiger partial charge in [-0.05, 0) is 44.6 Å². The van der Waals surface area contributed by atoms with Crippen LogP contribution in [0, 0.1) is 0 Å². The minimum Gasteiger partial charge on any atom is -0.473 e. The van der Waals surface area contributed by atoms with E-state index in [0.29, 0.717) is 18.8 Å². The Morgan fingerprint density at radius 3 is 2.55 bits per heavy atom. The molecule has 2 fully saturated rings. The molecule has 1 saturated carbocycles. The van der Waals surface area contributed by atoms with Crippen LogP contribution in [-0.4, -0.2) is 61.4 Å². The highest BCUT2D eigenvalue weighted by Gasteiger charge is 2.27. The summed E-state index contributed by atoms with van der Waals surface area (Å²) in [5, 5.41) is 13.7. The summed E-state index contributed by atoms with van der Waals surface area (Å²) in [6.45, 7) is 4.96. The Kier molecular flexibility index (Phi) is 7.51. The molecule has 3 aromatic heterocycles. The average Bonchev–Trinajstić information content (AvgIpc) is 3.55. The molecule has 1 aliphatic heterocycles. The number of nitrogens with one attached hydrogen (secondary N) is 1. The number of pyridine rings is 1. The van der Waals surface area contributed by atoms with E-state index >= 15 is 0 Å². The Morgan fingerprint density at radius 2 is 1.85 bits per heavy atom. The fourth-order valence-corrected chi connectivity index (χ4v) is 5.88. The molecule has 0 spiro atoms. The van der Waals surface area contributed by atoms with Gasteiger partial charge in [0.15, 0.2) is 0 Å². The smallest absolute Gasteiger partial charge is 0.266 e. The molecular weight excluding hydrogens is 509 g/mol. The molecule has 4 aromatic rings. The number of hydrogen-bond acceptors (Lipinski definition) is 7. The van der Waals surface area contributed by atoms with Gasteiger partial charge in [0.25, 0.3) is 5.56 Å². The number of anilines is 1. The molecule has 0 amide bonds. The van der Waals surface area contributed by atoms with Gasteiger partial charge in [0.05, 0.1) is 11.6 Å². The van der Waals surface area contributed by atoms with Gasteiger partial charge >= 0.3 is 0 Å². The summed E-state index contributed by atoms with van der Waals surface area (Å²) in [6, 6.07) is 14.0. The number of nitrogens with zero attached hydrogens (tertiary/aromatic N) is 6. The van der Waals surface area contributed by atoms with Crippen LogP contribution in [0.25, 0.3) is 22.2 Å². The van der Waals surface area contributed by atoms with Gasteiger partial charge in [0, 0.05) is 68.6 Å². The molecule has 40 heavy (non-hydrogen) atoms. The van der Waals surface area contributed by atoms with E-state index in [-0.39, 0.29) is 17.7 Å². The number of alkyl halides is 1. The van der Waals surface area contributed by atoms with Crippen LogP contribution in [0.4, 0.5) is 10.2 Å². The van der Waals surface area contributed by atoms with Gasteiger partial charge in [-0.3, -0.25) is 14.4 Å². The lowest BCUT2D eigenvalue weighted by Gasteiger charge is -2.29. The molecule has 2 aliphatic rings. The van der Waals surface area contributed by atoms with Crippen LogP contribution in [0.2, 0.25) is 0 Å². The molecule has 1 aliphatic carbocycles. The third-order valence-corrected chi connectivity index (χ3v) is 8.01. The van der Waals surface area contributed by atoms with Gasteiger partial charge in [0.1, 0.15) is 23.8 Å². The van der Waals surface area contributed by atoms with Gasteiger partial charge in [-0.2, -0.15) is 5.10 Å². The SMILES string of the molecule is CCNc1cc2c(cn1)c(-c1ccc(CN3CC[C@@H](F)C3)cc1)nn2C1CCC(Oc2ccc(=O)n(C)n2)CC1. The molecule has 210 valence electrons. The maximum atomic E-state index is 13.6. The summed E-state index contributed by atoms with van der Waals surface area (Å²) in [4.78, 5) is 18.5. The van der Waals surface area contributed by atoms with E-state index < -0.39 is 6.17 Å². The summed E-state index contributed by atoms with van der Waals surface area (Å²) in [7, 11) is 1.63. The first-order valence-electron chi connectivity index (χ1n) is 14.3. The molecule has 0 unspecified atom stereocenters. The van der Waals surface area contributed by atoms with Crippen molar-refractivity contribution in [2.45, 2.75) is 63.9 Å². The Labute approximate surface area is 233 Å². The van der Waals surface area contributed by atoms with E-state index in [1.165, 1.54) is 16.3 Å². The number of ether oxygens (including phenoxy) is 1. The zero-order valence-corrected chi connectivity index (χ0v) is 23.1. The van der Waals surface area contributed by atoms with E-state index in [1.54, 1.807) is 13.1 Å². The number of aromatic nitrogens is 5. The van der Waals surface area contributed by atoms with E-state index in [4.69, 9.17) is 9.84 Å². The fourth-order valence-electron chi connectivity index (χ4n) is 5.88. The van der Waals surface area contributed by atoms with Crippen molar-refractivity contribution in [1.29, 1.82) is 0 Å². The third-order valence-electron chi connectivity index (χ3n) is 8.01. The number of halogens is 1. The highest BCUT2D eigenvalue weighted by atomic mass is 19.1. The van der Waals surface area contributed by atoms with Crippen molar-refractivity contribution in [2.24, 2.45) is 7.05 Å². The molecule has 1 saturated heterocycles. The lowest BCUT2D eigenvalue weighted by Crippen LogP contribution is -2.27. The number of rotatable bonds is 8. The minimum atomic E-state index is -0.707. The summed E-state index contributed by atoms with van der Waals surface area (Å²) in [5.41, 5.74) is 4.07. The van der Waals surface area contributed by atoms with Gasteiger partial charge < -0.3 is 10.1 Å². The summed E-state index contributed by atoms with van der Waals surface area (Å²) >= 11 is 0. The Morgan fingerprint density at radius 1 is 1.05 bits per heavy atom. The number of hydrogen-bond donors (Lipinski definition) is 1. The van der Waals surface area contributed by atoms with Crippen LogP contribution >= 0.6 is 0 Å². The summed E-state index contributed by atoms with van der Waals surface area (Å²) < 4.78 is 23.2.